The molecule has 5 nitrogen and oxygen atoms in total. The van der Waals surface area contributed by atoms with Crippen LogP contribution < -0.4 is 9.47 Å². The van der Waals surface area contributed by atoms with E-state index in [9.17, 15) is 4.79 Å². The molecule has 1 saturated heterocycles. The molecule has 2 aliphatic rings. The van der Waals surface area contributed by atoms with Gasteiger partial charge in [0.25, 0.3) is 0 Å². The Morgan fingerprint density at radius 2 is 1.68 bits per heavy atom. The largest absolute Gasteiger partial charge is 0.486 e. The Balaban J connectivity index is 1.23. The molecule has 1 amide bonds. The molecule has 0 atom stereocenters. The minimum Gasteiger partial charge on any atom is -0.486 e. The number of amides is 1. The Bertz CT molecular complexity index is 823. The number of carbonyl (C=O) groups excluding carboxylic acids is 1. The third kappa shape index (κ3) is 4.93. The summed E-state index contributed by atoms with van der Waals surface area (Å²) in [5.41, 5.74) is 1.25. The van der Waals surface area contributed by atoms with Gasteiger partial charge in [-0.3, -0.25) is 9.69 Å². The van der Waals surface area contributed by atoms with Crippen molar-refractivity contribution >= 4 is 29.3 Å². The summed E-state index contributed by atoms with van der Waals surface area (Å²) < 4.78 is 11.1. The van der Waals surface area contributed by atoms with Crippen LogP contribution in [0.1, 0.15) is 5.56 Å². The van der Waals surface area contributed by atoms with E-state index in [1.165, 1.54) is 5.56 Å². The van der Waals surface area contributed by atoms with Gasteiger partial charge in [0.05, 0.1) is 5.75 Å². The highest BCUT2D eigenvalue weighted by Gasteiger charge is 2.21. The Hall–Kier alpha value is -1.89. The molecule has 2 aromatic carbocycles. The highest BCUT2D eigenvalue weighted by molar-refractivity contribution is 8.00. The number of nitrogens with zero attached hydrogens (tertiary/aromatic N) is 2. The molecule has 0 bridgehead atoms. The average molecular weight is 419 g/mol. The summed E-state index contributed by atoms with van der Waals surface area (Å²) in [6.45, 7) is 5.38. The molecule has 1 fully saturated rings. The fourth-order valence-electron chi connectivity index (χ4n) is 3.35. The highest BCUT2D eigenvalue weighted by Crippen LogP contribution is 2.34. The van der Waals surface area contributed by atoms with E-state index in [0.717, 1.165) is 54.1 Å². The molecule has 148 valence electrons. The molecular formula is C21H23ClN2O3S. The van der Waals surface area contributed by atoms with Gasteiger partial charge in [0.1, 0.15) is 13.2 Å². The lowest BCUT2D eigenvalue weighted by Crippen LogP contribution is -2.48. The SMILES string of the molecule is O=C(CSc1ccc2c(c1)OCCO2)N1CCN(Cc2ccc(Cl)cc2)CC1. The van der Waals surface area contributed by atoms with E-state index in [1.807, 2.05) is 35.2 Å². The lowest BCUT2D eigenvalue weighted by Gasteiger charge is -2.34. The summed E-state index contributed by atoms with van der Waals surface area (Å²) in [5, 5.41) is 0.759. The van der Waals surface area contributed by atoms with E-state index < -0.39 is 0 Å². The van der Waals surface area contributed by atoms with E-state index in [2.05, 4.69) is 17.0 Å². The number of hydrogen-bond donors (Lipinski definition) is 0. The standard InChI is InChI=1S/C21H23ClN2O3S/c22-17-3-1-16(2-4-17)14-23-7-9-24(10-8-23)21(25)15-28-18-5-6-19-20(13-18)27-12-11-26-19/h1-6,13H,7-12,14-15H2. The Kier molecular flexibility index (Phi) is 6.29. The van der Waals surface area contributed by atoms with Crippen LogP contribution in [0.4, 0.5) is 0 Å². The number of fused-ring (bicyclic) bond motifs is 1. The molecule has 0 aliphatic carbocycles. The van der Waals surface area contributed by atoms with E-state index >= 15 is 0 Å². The molecule has 0 radical (unpaired) electrons. The fraction of sp³-hybridized carbons (Fsp3) is 0.381. The maximum Gasteiger partial charge on any atom is 0.233 e. The zero-order valence-electron chi connectivity index (χ0n) is 15.6. The lowest BCUT2D eigenvalue weighted by atomic mass is 10.2. The second-order valence-electron chi connectivity index (χ2n) is 6.88. The molecule has 0 aromatic heterocycles. The third-order valence-electron chi connectivity index (χ3n) is 4.92. The zero-order valence-corrected chi connectivity index (χ0v) is 17.2. The molecule has 0 saturated carbocycles. The summed E-state index contributed by atoms with van der Waals surface area (Å²) in [6.07, 6.45) is 0. The van der Waals surface area contributed by atoms with Gasteiger partial charge in [0.2, 0.25) is 5.91 Å². The van der Waals surface area contributed by atoms with Gasteiger partial charge < -0.3 is 14.4 Å². The van der Waals surface area contributed by atoms with Crippen LogP contribution >= 0.6 is 23.4 Å². The van der Waals surface area contributed by atoms with Crippen LogP contribution in [0.2, 0.25) is 5.02 Å². The molecule has 2 aliphatic heterocycles. The molecule has 0 unspecified atom stereocenters. The molecule has 2 heterocycles. The van der Waals surface area contributed by atoms with Gasteiger partial charge in [-0.2, -0.15) is 0 Å². The van der Waals surface area contributed by atoms with Crippen molar-refractivity contribution in [2.75, 3.05) is 45.1 Å². The van der Waals surface area contributed by atoms with Crippen molar-refractivity contribution in [1.82, 2.24) is 9.80 Å². The Morgan fingerprint density at radius 3 is 2.43 bits per heavy atom. The molecule has 4 rings (SSSR count). The monoisotopic (exact) mass is 418 g/mol. The van der Waals surface area contributed by atoms with Crippen LogP contribution in [0.5, 0.6) is 11.5 Å². The highest BCUT2D eigenvalue weighted by atomic mass is 35.5. The average Bonchev–Trinajstić information content (AvgIpc) is 2.74. The number of ether oxygens (including phenoxy) is 2. The summed E-state index contributed by atoms with van der Waals surface area (Å²) in [6, 6.07) is 13.8. The number of piperazine rings is 1. The lowest BCUT2D eigenvalue weighted by molar-refractivity contribution is -0.130. The molecule has 28 heavy (non-hydrogen) atoms. The van der Waals surface area contributed by atoms with Crippen LogP contribution in [-0.2, 0) is 11.3 Å². The van der Waals surface area contributed by atoms with E-state index in [0.29, 0.717) is 19.0 Å². The van der Waals surface area contributed by atoms with Gasteiger partial charge in [-0.05, 0) is 35.9 Å². The normalized spacial score (nSPS) is 16.8. The minimum absolute atomic E-state index is 0.186. The maximum atomic E-state index is 12.6. The first-order valence-electron chi connectivity index (χ1n) is 9.44. The van der Waals surface area contributed by atoms with Crippen LogP contribution in [0.25, 0.3) is 0 Å². The molecule has 0 spiro atoms. The maximum absolute atomic E-state index is 12.6. The second-order valence-corrected chi connectivity index (χ2v) is 8.36. The summed E-state index contributed by atoms with van der Waals surface area (Å²) in [5.74, 6) is 2.17. The summed E-state index contributed by atoms with van der Waals surface area (Å²) in [7, 11) is 0. The number of carbonyl (C=O) groups is 1. The zero-order chi connectivity index (χ0) is 19.3. The van der Waals surface area contributed by atoms with Gasteiger partial charge in [-0.25, -0.2) is 0 Å². The van der Waals surface area contributed by atoms with Gasteiger partial charge in [-0.15, -0.1) is 11.8 Å². The first kappa shape index (κ1) is 19.4. The second kappa shape index (κ2) is 9.07. The van der Waals surface area contributed by atoms with Crippen molar-refractivity contribution in [3.8, 4) is 11.5 Å². The van der Waals surface area contributed by atoms with Crippen LogP contribution in [0, 0.1) is 0 Å². The minimum atomic E-state index is 0.186. The Labute approximate surface area is 174 Å². The van der Waals surface area contributed by atoms with E-state index in [-0.39, 0.29) is 5.91 Å². The number of thioether (sulfide) groups is 1. The topological polar surface area (TPSA) is 42.0 Å². The number of benzene rings is 2. The van der Waals surface area contributed by atoms with Crippen molar-refractivity contribution < 1.29 is 14.3 Å². The van der Waals surface area contributed by atoms with Crippen LogP contribution in [0.3, 0.4) is 0 Å². The molecule has 0 N–H and O–H groups in total. The molecule has 2 aromatic rings. The number of halogens is 1. The van der Waals surface area contributed by atoms with Gasteiger partial charge in [-0.1, -0.05) is 23.7 Å². The Morgan fingerprint density at radius 1 is 0.964 bits per heavy atom. The number of hydrogen-bond acceptors (Lipinski definition) is 5. The first-order chi connectivity index (χ1) is 13.7. The van der Waals surface area contributed by atoms with Crippen molar-refractivity contribution in [1.29, 1.82) is 0 Å². The van der Waals surface area contributed by atoms with Crippen LogP contribution in [0.15, 0.2) is 47.4 Å². The van der Waals surface area contributed by atoms with Crippen molar-refractivity contribution in [3.05, 3.63) is 53.1 Å². The molecular weight excluding hydrogens is 396 g/mol. The van der Waals surface area contributed by atoms with Gasteiger partial charge in [0, 0.05) is 42.6 Å². The predicted molar refractivity (Wildman–Crippen MR) is 111 cm³/mol. The van der Waals surface area contributed by atoms with Crippen molar-refractivity contribution in [2.24, 2.45) is 0 Å². The van der Waals surface area contributed by atoms with E-state index in [4.69, 9.17) is 21.1 Å². The molecule has 7 heteroatoms. The summed E-state index contributed by atoms with van der Waals surface area (Å²) in [4.78, 5) is 17.9. The first-order valence-corrected chi connectivity index (χ1v) is 10.8. The fourth-order valence-corrected chi connectivity index (χ4v) is 4.31. The quantitative estimate of drug-likeness (QED) is 0.694. The van der Waals surface area contributed by atoms with Crippen LogP contribution in [-0.4, -0.2) is 60.9 Å². The summed E-state index contributed by atoms with van der Waals surface area (Å²) >= 11 is 7.49. The van der Waals surface area contributed by atoms with Crippen molar-refractivity contribution in [3.63, 3.8) is 0 Å². The van der Waals surface area contributed by atoms with E-state index in [1.54, 1.807) is 11.8 Å². The van der Waals surface area contributed by atoms with Crippen molar-refractivity contribution in [2.45, 2.75) is 11.4 Å². The van der Waals surface area contributed by atoms with Gasteiger partial charge in [0.15, 0.2) is 11.5 Å². The number of rotatable bonds is 5. The third-order valence-corrected chi connectivity index (χ3v) is 6.15. The van der Waals surface area contributed by atoms with Gasteiger partial charge >= 0.3 is 0 Å². The smallest absolute Gasteiger partial charge is 0.233 e. The predicted octanol–water partition coefficient (Wildman–Crippen LogP) is 3.55.